The van der Waals surface area contributed by atoms with Gasteiger partial charge in [0.2, 0.25) is 5.91 Å². The zero-order chi connectivity index (χ0) is 16.9. The molecule has 0 aliphatic rings. The van der Waals surface area contributed by atoms with Crippen molar-refractivity contribution in [3.8, 4) is 11.5 Å². The molecule has 1 rings (SSSR count). The highest BCUT2D eigenvalue weighted by molar-refractivity contribution is 5.99. The van der Waals surface area contributed by atoms with Crippen molar-refractivity contribution in [2.45, 2.75) is 26.3 Å². The van der Waals surface area contributed by atoms with Gasteiger partial charge in [-0.3, -0.25) is 9.59 Å². The van der Waals surface area contributed by atoms with Crippen LogP contribution in [0.5, 0.6) is 11.5 Å². The monoisotopic (exact) mass is 308 g/mol. The van der Waals surface area contributed by atoms with E-state index < -0.39 is 0 Å². The van der Waals surface area contributed by atoms with E-state index in [9.17, 15) is 9.59 Å². The number of methoxy groups -OCH3 is 2. The molecule has 2 amide bonds. The Labute approximate surface area is 131 Å². The molecule has 0 spiro atoms. The van der Waals surface area contributed by atoms with Crippen molar-refractivity contribution in [2.75, 3.05) is 27.8 Å². The predicted octanol–water partition coefficient (Wildman–Crippen LogP) is 1.69. The van der Waals surface area contributed by atoms with E-state index in [1.165, 1.54) is 19.1 Å². The maximum atomic E-state index is 12.5. The van der Waals surface area contributed by atoms with Gasteiger partial charge in [0, 0.05) is 12.6 Å². The number of nitrogens with zero attached hydrogens (tertiary/aromatic N) is 1. The molecule has 0 bridgehead atoms. The van der Waals surface area contributed by atoms with Gasteiger partial charge in [0.05, 0.1) is 26.3 Å². The Kier molecular flexibility index (Phi) is 5.79. The summed E-state index contributed by atoms with van der Waals surface area (Å²) in [4.78, 5) is 25.8. The smallest absolute Gasteiger partial charge is 0.257 e. The zero-order valence-corrected chi connectivity index (χ0v) is 14.0. The lowest BCUT2D eigenvalue weighted by Crippen LogP contribution is -2.46. The van der Waals surface area contributed by atoms with E-state index >= 15 is 0 Å². The zero-order valence-electron chi connectivity index (χ0n) is 14.0. The van der Waals surface area contributed by atoms with Gasteiger partial charge in [-0.15, -0.1) is 0 Å². The molecule has 0 aliphatic heterocycles. The first kappa shape index (κ1) is 17.8. The molecule has 0 aliphatic carbocycles. The van der Waals surface area contributed by atoms with Crippen molar-refractivity contribution in [3.63, 3.8) is 0 Å². The van der Waals surface area contributed by atoms with Crippen LogP contribution in [0.1, 0.15) is 31.1 Å². The second kappa shape index (κ2) is 7.15. The maximum absolute atomic E-state index is 12.5. The molecule has 0 heterocycles. The van der Waals surface area contributed by atoms with Crippen molar-refractivity contribution < 1.29 is 19.1 Å². The summed E-state index contributed by atoms with van der Waals surface area (Å²) in [6.45, 7) is 5.63. The molecule has 6 heteroatoms. The molecule has 1 aromatic carbocycles. The second-order valence-electron chi connectivity index (χ2n) is 6.03. The summed E-state index contributed by atoms with van der Waals surface area (Å²) in [6.07, 6.45) is 0. The minimum absolute atomic E-state index is 0.0313. The van der Waals surface area contributed by atoms with Gasteiger partial charge >= 0.3 is 0 Å². The minimum atomic E-state index is -0.339. The highest BCUT2D eigenvalue weighted by Crippen LogP contribution is 2.25. The van der Waals surface area contributed by atoms with E-state index in [0.717, 1.165) is 0 Å². The first-order chi connectivity index (χ1) is 10.2. The average Bonchev–Trinajstić information content (AvgIpc) is 2.43. The molecule has 0 saturated heterocycles. The Hall–Kier alpha value is -2.24. The van der Waals surface area contributed by atoms with Crippen LogP contribution < -0.4 is 14.8 Å². The molecule has 0 fully saturated rings. The molecule has 122 valence electrons. The highest BCUT2D eigenvalue weighted by atomic mass is 16.5. The Bertz CT molecular complexity index is 550. The summed E-state index contributed by atoms with van der Waals surface area (Å²) >= 11 is 0. The van der Waals surface area contributed by atoms with E-state index in [1.54, 1.807) is 25.2 Å². The molecule has 6 nitrogen and oxygen atoms in total. The quantitative estimate of drug-likeness (QED) is 0.899. The van der Waals surface area contributed by atoms with Crippen molar-refractivity contribution in [1.29, 1.82) is 0 Å². The van der Waals surface area contributed by atoms with Crippen LogP contribution in [-0.2, 0) is 4.79 Å². The summed E-state index contributed by atoms with van der Waals surface area (Å²) in [5, 5.41) is 2.82. The molecule has 1 N–H and O–H groups in total. The van der Waals surface area contributed by atoms with Crippen LogP contribution in [0.15, 0.2) is 18.2 Å². The van der Waals surface area contributed by atoms with Crippen LogP contribution in [-0.4, -0.2) is 50.1 Å². The summed E-state index contributed by atoms with van der Waals surface area (Å²) in [5.41, 5.74) is 0.0159. The van der Waals surface area contributed by atoms with Gasteiger partial charge in [0.15, 0.2) is 0 Å². The summed E-state index contributed by atoms with van der Waals surface area (Å²) in [5.74, 6) is 0.468. The molecule has 22 heavy (non-hydrogen) atoms. The number of amides is 2. The molecule has 0 aromatic heterocycles. The first-order valence-corrected chi connectivity index (χ1v) is 6.96. The van der Waals surface area contributed by atoms with Crippen LogP contribution in [0.25, 0.3) is 0 Å². The van der Waals surface area contributed by atoms with Crippen LogP contribution >= 0.6 is 0 Å². The van der Waals surface area contributed by atoms with Crippen LogP contribution in [0.2, 0.25) is 0 Å². The van der Waals surface area contributed by atoms with Gasteiger partial charge in [-0.05, 0) is 39.0 Å². The summed E-state index contributed by atoms with van der Waals surface area (Å²) < 4.78 is 10.3. The fourth-order valence-corrected chi connectivity index (χ4v) is 1.93. The van der Waals surface area contributed by atoms with Crippen molar-refractivity contribution in [3.05, 3.63) is 23.8 Å². The minimum Gasteiger partial charge on any atom is -0.497 e. The Morgan fingerprint density at radius 3 is 2.32 bits per heavy atom. The number of nitrogens with one attached hydrogen (secondary N) is 1. The molecule has 1 aromatic rings. The fraction of sp³-hybridized carbons (Fsp3) is 0.500. The normalized spacial score (nSPS) is 10.8. The SMILES string of the molecule is COc1ccc(OC)c(C(=O)N(C)CC(=O)NC(C)(C)C)c1. The van der Waals surface area contributed by atoms with Crippen molar-refractivity contribution in [2.24, 2.45) is 0 Å². The number of benzene rings is 1. The first-order valence-electron chi connectivity index (χ1n) is 6.96. The number of hydrogen-bond acceptors (Lipinski definition) is 4. The topological polar surface area (TPSA) is 67.9 Å². The van der Waals surface area contributed by atoms with Gasteiger partial charge in [-0.25, -0.2) is 0 Å². The lowest BCUT2D eigenvalue weighted by atomic mass is 10.1. The van der Waals surface area contributed by atoms with Crippen molar-refractivity contribution in [1.82, 2.24) is 10.2 Å². The number of hydrogen-bond donors (Lipinski definition) is 1. The number of carbonyl (C=O) groups excluding carboxylic acids is 2. The summed E-state index contributed by atoms with van der Waals surface area (Å²) in [7, 11) is 4.59. The largest absolute Gasteiger partial charge is 0.497 e. The standard InChI is InChI=1S/C16H24N2O4/c1-16(2,3)17-14(19)10-18(4)15(20)12-9-11(21-5)7-8-13(12)22-6/h7-9H,10H2,1-6H3,(H,17,19). The molecule has 0 unspecified atom stereocenters. The third-order valence-electron chi connectivity index (χ3n) is 2.88. The second-order valence-corrected chi connectivity index (χ2v) is 6.03. The molecule has 0 saturated carbocycles. The van der Waals surface area contributed by atoms with Crippen LogP contribution in [0.3, 0.4) is 0 Å². The third-order valence-corrected chi connectivity index (χ3v) is 2.88. The fourth-order valence-electron chi connectivity index (χ4n) is 1.93. The van der Waals surface area contributed by atoms with E-state index in [2.05, 4.69) is 5.32 Å². The van der Waals surface area contributed by atoms with Gasteiger partial charge in [-0.2, -0.15) is 0 Å². The summed E-state index contributed by atoms with van der Waals surface area (Å²) in [6, 6.07) is 4.97. The van der Waals surface area contributed by atoms with E-state index in [0.29, 0.717) is 17.1 Å². The predicted molar refractivity (Wildman–Crippen MR) is 84.4 cm³/mol. The van der Waals surface area contributed by atoms with E-state index in [1.807, 2.05) is 20.8 Å². The molecule has 0 radical (unpaired) electrons. The number of rotatable bonds is 5. The molecule has 0 atom stereocenters. The molecular formula is C16H24N2O4. The van der Waals surface area contributed by atoms with Gasteiger partial charge in [0.25, 0.3) is 5.91 Å². The average molecular weight is 308 g/mol. The highest BCUT2D eigenvalue weighted by Gasteiger charge is 2.21. The number of likely N-dealkylation sites (N-methyl/N-ethyl adjacent to an activating group) is 1. The van der Waals surface area contributed by atoms with Gasteiger partial charge < -0.3 is 19.7 Å². The Morgan fingerprint density at radius 1 is 1.18 bits per heavy atom. The number of carbonyl (C=O) groups is 2. The Morgan fingerprint density at radius 2 is 1.82 bits per heavy atom. The van der Waals surface area contributed by atoms with E-state index in [-0.39, 0.29) is 23.9 Å². The van der Waals surface area contributed by atoms with Gasteiger partial charge in [-0.1, -0.05) is 0 Å². The maximum Gasteiger partial charge on any atom is 0.257 e. The van der Waals surface area contributed by atoms with Crippen LogP contribution in [0.4, 0.5) is 0 Å². The third kappa shape index (κ3) is 4.95. The lowest BCUT2D eigenvalue weighted by Gasteiger charge is -2.24. The molecular weight excluding hydrogens is 284 g/mol. The van der Waals surface area contributed by atoms with Crippen LogP contribution in [0, 0.1) is 0 Å². The van der Waals surface area contributed by atoms with Crippen molar-refractivity contribution >= 4 is 11.8 Å². The lowest BCUT2D eigenvalue weighted by molar-refractivity contribution is -0.122. The van der Waals surface area contributed by atoms with E-state index in [4.69, 9.17) is 9.47 Å². The van der Waals surface area contributed by atoms with Gasteiger partial charge in [0.1, 0.15) is 11.5 Å². The number of ether oxygens (including phenoxy) is 2. The Balaban J connectivity index is 2.88.